The number of methoxy groups -OCH3 is 1. The van der Waals surface area contributed by atoms with Gasteiger partial charge in [0.15, 0.2) is 6.61 Å². The number of aliphatic carboxylic acids is 1. The van der Waals surface area contributed by atoms with Crippen LogP contribution in [0, 0.1) is 0 Å². The number of carbonyl (C=O) groups is 2. The van der Waals surface area contributed by atoms with Crippen molar-refractivity contribution in [1.82, 2.24) is 9.78 Å². The molecule has 0 saturated carbocycles. The Morgan fingerprint density at radius 1 is 1.07 bits per heavy atom. The monoisotopic (exact) mass is 612 g/mol. The molecule has 1 aromatic heterocycles. The zero-order chi connectivity index (χ0) is 31.0. The van der Waals surface area contributed by atoms with E-state index in [4.69, 9.17) is 41.4 Å². The van der Waals surface area contributed by atoms with Crippen molar-refractivity contribution in [2.24, 2.45) is 12.8 Å². The molecule has 0 fully saturated rings. The van der Waals surface area contributed by atoms with E-state index in [1.54, 1.807) is 29.9 Å². The maximum Gasteiger partial charge on any atom is 0.490 e. The van der Waals surface area contributed by atoms with Gasteiger partial charge in [-0.25, -0.2) is 4.79 Å². The van der Waals surface area contributed by atoms with E-state index in [1.165, 1.54) is 31.5 Å². The van der Waals surface area contributed by atoms with Crippen molar-refractivity contribution in [3.05, 3.63) is 53.2 Å². The van der Waals surface area contributed by atoms with Gasteiger partial charge in [-0.05, 0) is 36.4 Å². The Balaban J connectivity index is 0.000000745. The molecule has 0 aliphatic rings. The number of hydrogen-bond acceptors (Lipinski definition) is 7. The number of nitrogens with two attached hydrogens (primary N) is 1. The predicted molar refractivity (Wildman–Crippen MR) is 134 cm³/mol. The molecule has 3 aromatic rings. The molecule has 0 unspecified atom stereocenters. The number of aryl methyl sites for hydroxylation is 1. The Bertz CT molecular complexity index is 1340. The third-order valence-corrected chi connectivity index (χ3v) is 5.10. The summed E-state index contributed by atoms with van der Waals surface area (Å²) < 4.78 is 86.9. The number of benzene rings is 2. The number of carbonyl (C=O) groups excluding carboxylic acids is 1. The zero-order valence-corrected chi connectivity index (χ0v) is 22.0. The second kappa shape index (κ2) is 13.9. The lowest BCUT2D eigenvalue weighted by Crippen LogP contribution is -2.21. The molecule has 0 aliphatic heterocycles. The third-order valence-electron chi connectivity index (χ3n) is 4.83. The van der Waals surface area contributed by atoms with Crippen LogP contribution in [0.2, 0.25) is 5.02 Å². The van der Waals surface area contributed by atoms with Crippen LogP contribution in [0.5, 0.6) is 17.2 Å². The van der Waals surface area contributed by atoms with Crippen LogP contribution in [-0.2, 0) is 11.8 Å². The number of carboxylic acid groups (broad SMARTS) is 1. The summed E-state index contributed by atoms with van der Waals surface area (Å²) in [5.41, 5.74) is 6.82. The molecule has 0 aliphatic carbocycles. The quantitative estimate of drug-likeness (QED) is 0.290. The topological polar surface area (TPSA) is 138 Å². The number of halogens is 7. The van der Waals surface area contributed by atoms with Crippen molar-refractivity contribution < 1.29 is 55.2 Å². The summed E-state index contributed by atoms with van der Waals surface area (Å²) in [7, 11) is 3.07. The molecule has 1 heterocycles. The number of rotatable bonds is 9. The lowest BCUT2D eigenvalue weighted by Gasteiger charge is -2.16. The molecule has 0 spiro atoms. The van der Waals surface area contributed by atoms with Crippen LogP contribution in [0.3, 0.4) is 0 Å². The number of ether oxygens (including phenoxy) is 3. The van der Waals surface area contributed by atoms with E-state index in [-0.39, 0.29) is 30.2 Å². The summed E-state index contributed by atoms with van der Waals surface area (Å²) in [4.78, 5) is 21.9. The van der Waals surface area contributed by atoms with Crippen LogP contribution < -0.4 is 25.3 Å². The minimum absolute atomic E-state index is 0.132. The first kappa shape index (κ1) is 33.0. The number of aromatic nitrogens is 2. The highest BCUT2D eigenvalue weighted by Gasteiger charge is 2.38. The van der Waals surface area contributed by atoms with Crippen molar-refractivity contribution in [2.75, 3.05) is 32.2 Å². The summed E-state index contributed by atoms with van der Waals surface area (Å²) in [6.07, 6.45) is -8.18. The molecule has 0 radical (unpaired) electrons. The SMILES string of the molecule is COc1ccc(OCC(F)(F)F)c(C(=O)Nc2ccc(OCCN)c(-c3c(Cl)cnn3C)c2)c1.O=C(O)C(F)(F)F. The Morgan fingerprint density at radius 2 is 1.71 bits per heavy atom. The van der Waals surface area contributed by atoms with Gasteiger partial charge in [-0.2, -0.15) is 31.4 Å². The number of hydrogen-bond donors (Lipinski definition) is 3. The molecule has 41 heavy (non-hydrogen) atoms. The van der Waals surface area contributed by atoms with E-state index in [1.807, 2.05) is 0 Å². The maximum absolute atomic E-state index is 13.0. The van der Waals surface area contributed by atoms with Gasteiger partial charge in [-0.3, -0.25) is 9.48 Å². The Kier molecular flexibility index (Phi) is 11.2. The highest BCUT2D eigenvalue weighted by Crippen LogP contribution is 2.37. The van der Waals surface area contributed by atoms with Crippen LogP contribution in [0.1, 0.15) is 10.4 Å². The lowest BCUT2D eigenvalue weighted by molar-refractivity contribution is -0.192. The van der Waals surface area contributed by atoms with Crippen LogP contribution >= 0.6 is 11.6 Å². The van der Waals surface area contributed by atoms with Gasteiger partial charge in [-0.15, -0.1) is 0 Å². The first-order valence-corrected chi connectivity index (χ1v) is 11.6. The zero-order valence-electron chi connectivity index (χ0n) is 21.3. The van der Waals surface area contributed by atoms with Gasteiger partial charge in [0, 0.05) is 24.8 Å². The Labute approximate surface area is 233 Å². The molecular weight excluding hydrogens is 590 g/mol. The fraction of sp³-hybridized carbons (Fsp3) is 0.292. The summed E-state index contributed by atoms with van der Waals surface area (Å²) in [6.45, 7) is -1.01. The van der Waals surface area contributed by atoms with E-state index in [9.17, 15) is 31.1 Å². The average Bonchev–Trinajstić information content (AvgIpc) is 3.23. The summed E-state index contributed by atoms with van der Waals surface area (Å²) in [5, 5.41) is 14.3. The number of nitrogens with zero attached hydrogens (tertiary/aromatic N) is 2. The molecule has 17 heteroatoms. The molecule has 0 saturated heterocycles. The van der Waals surface area contributed by atoms with E-state index < -0.39 is 30.8 Å². The second-order valence-corrected chi connectivity index (χ2v) is 8.24. The standard InChI is InChI=1S/C22H22ClF3N4O4.C2HF3O2/c1-30-20(17(23)11-28-30)15-9-13(3-5-18(15)33-8-7-27)29-21(31)16-10-14(32-2)4-6-19(16)34-12-22(24,25)26;3-2(4,5)1(6)7/h3-6,9-11H,7-8,12,27H2,1-2H3,(H,29,31);(H,6,7). The first-order chi connectivity index (χ1) is 19.1. The molecule has 224 valence electrons. The maximum atomic E-state index is 13.0. The fourth-order valence-electron chi connectivity index (χ4n) is 3.10. The molecule has 1 amide bonds. The summed E-state index contributed by atoms with van der Waals surface area (Å²) in [5.74, 6) is -2.96. The van der Waals surface area contributed by atoms with E-state index in [0.717, 1.165) is 0 Å². The summed E-state index contributed by atoms with van der Waals surface area (Å²) in [6, 6.07) is 8.74. The highest BCUT2D eigenvalue weighted by molar-refractivity contribution is 6.33. The van der Waals surface area contributed by atoms with Crippen LogP contribution in [0.25, 0.3) is 11.3 Å². The van der Waals surface area contributed by atoms with Gasteiger partial charge in [0.1, 0.15) is 23.9 Å². The van der Waals surface area contributed by atoms with Crippen LogP contribution in [0.15, 0.2) is 42.6 Å². The molecule has 0 atom stereocenters. The van der Waals surface area contributed by atoms with Crippen molar-refractivity contribution >= 4 is 29.2 Å². The molecule has 3 rings (SSSR count). The largest absolute Gasteiger partial charge is 0.497 e. The van der Waals surface area contributed by atoms with E-state index >= 15 is 0 Å². The number of alkyl halides is 6. The van der Waals surface area contributed by atoms with Gasteiger partial charge in [-0.1, -0.05) is 11.6 Å². The van der Waals surface area contributed by atoms with Gasteiger partial charge >= 0.3 is 18.3 Å². The van der Waals surface area contributed by atoms with E-state index in [2.05, 4.69) is 10.4 Å². The minimum Gasteiger partial charge on any atom is -0.497 e. The molecule has 4 N–H and O–H groups in total. The number of amides is 1. The number of nitrogens with one attached hydrogen (secondary N) is 1. The van der Waals surface area contributed by atoms with Gasteiger partial charge in [0.25, 0.3) is 5.91 Å². The average molecular weight is 613 g/mol. The molecule has 2 aromatic carbocycles. The molecule has 10 nitrogen and oxygen atoms in total. The minimum atomic E-state index is -5.08. The first-order valence-electron chi connectivity index (χ1n) is 11.2. The van der Waals surface area contributed by atoms with Crippen molar-refractivity contribution in [2.45, 2.75) is 12.4 Å². The van der Waals surface area contributed by atoms with Crippen molar-refractivity contribution in [3.63, 3.8) is 0 Å². The number of anilines is 1. The molecule has 0 bridgehead atoms. The van der Waals surface area contributed by atoms with E-state index in [0.29, 0.717) is 27.7 Å². The van der Waals surface area contributed by atoms with Crippen LogP contribution in [0.4, 0.5) is 32.0 Å². The third kappa shape index (κ3) is 9.75. The van der Waals surface area contributed by atoms with Gasteiger partial charge in [0.05, 0.1) is 29.6 Å². The molecular formula is C24H23ClF6N4O6. The predicted octanol–water partition coefficient (Wildman–Crippen LogP) is 4.91. The smallest absolute Gasteiger partial charge is 0.490 e. The van der Waals surface area contributed by atoms with Gasteiger partial charge in [0.2, 0.25) is 0 Å². The normalized spacial score (nSPS) is 11.3. The Morgan fingerprint density at radius 3 is 2.22 bits per heavy atom. The lowest BCUT2D eigenvalue weighted by atomic mass is 10.1. The van der Waals surface area contributed by atoms with Crippen molar-refractivity contribution in [3.8, 4) is 28.5 Å². The van der Waals surface area contributed by atoms with Gasteiger partial charge < -0.3 is 30.4 Å². The van der Waals surface area contributed by atoms with Crippen molar-refractivity contribution in [1.29, 1.82) is 0 Å². The van der Waals surface area contributed by atoms with Crippen LogP contribution in [-0.4, -0.2) is 66.0 Å². The number of carboxylic acids is 1. The second-order valence-electron chi connectivity index (χ2n) is 7.84. The fourth-order valence-corrected chi connectivity index (χ4v) is 3.37. The summed E-state index contributed by atoms with van der Waals surface area (Å²) >= 11 is 6.29. The Hall–Kier alpha value is -4.18. The highest BCUT2D eigenvalue weighted by atomic mass is 35.5.